The molecular formula is C21H28N4O2. The second-order valence-electron chi connectivity index (χ2n) is 6.15. The molecule has 0 aliphatic rings. The van der Waals surface area contributed by atoms with Gasteiger partial charge in [-0.05, 0) is 37.1 Å². The zero-order valence-electron chi connectivity index (χ0n) is 16.2. The SMILES string of the molecule is CCCOc1cc(C)ccc1CNC(=NC)NCC(=O)Nc1ccccc1. The number of hydrogen-bond donors (Lipinski definition) is 3. The van der Waals surface area contributed by atoms with Crippen LogP contribution < -0.4 is 20.7 Å². The third-order valence-corrected chi connectivity index (χ3v) is 3.83. The standard InChI is InChI=1S/C21H28N4O2/c1-4-12-27-19-13-16(2)10-11-17(19)14-23-21(22-3)24-15-20(26)25-18-8-6-5-7-9-18/h5-11,13H,4,12,14-15H2,1-3H3,(H,25,26)(H2,22,23,24). The minimum Gasteiger partial charge on any atom is -0.493 e. The summed E-state index contributed by atoms with van der Waals surface area (Å²) in [4.78, 5) is 16.2. The fourth-order valence-electron chi connectivity index (χ4n) is 2.44. The van der Waals surface area contributed by atoms with Crippen LogP contribution in [0.1, 0.15) is 24.5 Å². The number of aryl methyl sites for hydroxylation is 1. The highest BCUT2D eigenvalue weighted by Gasteiger charge is 2.07. The van der Waals surface area contributed by atoms with Crippen molar-refractivity contribution in [2.45, 2.75) is 26.8 Å². The maximum atomic E-state index is 12.0. The van der Waals surface area contributed by atoms with Crippen molar-refractivity contribution < 1.29 is 9.53 Å². The Morgan fingerprint density at radius 2 is 1.89 bits per heavy atom. The molecule has 0 spiro atoms. The van der Waals surface area contributed by atoms with Gasteiger partial charge in [-0.25, -0.2) is 0 Å². The lowest BCUT2D eigenvalue weighted by atomic mass is 10.1. The number of carbonyl (C=O) groups excluding carboxylic acids is 1. The van der Waals surface area contributed by atoms with Crippen molar-refractivity contribution in [2.24, 2.45) is 4.99 Å². The predicted octanol–water partition coefficient (Wildman–Crippen LogP) is 3.09. The smallest absolute Gasteiger partial charge is 0.243 e. The number of nitrogens with one attached hydrogen (secondary N) is 3. The zero-order chi connectivity index (χ0) is 19.5. The first kappa shape index (κ1) is 20.3. The van der Waals surface area contributed by atoms with Crippen LogP contribution >= 0.6 is 0 Å². The first-order chi connectivity index (χ1) is 13.1. The summed E-state index contributed by atoms with van der Waals surface area (Å²) in [5, 5.41) is 9.07. The molecule has 0 radical (unpaired) electrons. The summed E-state index contributed by atoms with van der Waals surface area (Å²) in [6.45, 7) is 5.49. The number of benzene rings is 2. The highest BCUT2D eigenvalue weighted by Crippen LogP contribution is 2.20. The number of anilines is 1. The van der Waals surface area contributed by atoms with Crippen LogP contribution in [-0.2, 0) is 11.3 Å². The summed E-state index contributed by atoms with van der Waals surface area (Å²) in [5.74, 6) is 1.30. The number of nitrogens with zero attached hydrogens (tertiary/aromatic N) is 1. The number of para-hydroxylation sites is 1. The van der Waals surface area contributed by atoms with Gasteiger partial charge in [-0.3, -0.25) is 9.79 Å². The number of amides is 1. The molecule has 144 valence electrons. The Hall–Kier alpha value is -3.02. The molecule has 0 aromatic heterocycles. The predicted molar refractivity (Wildman–Crippen MR) is 110 cm³/mol. The lowest BCUT2D eigenvalue weighted by molar-refractivity contribution is -0.115. The average molecular weight is 368 g/mol. The Labute approximate surface area is 161 Å². The van der Waals surface area contributed by atoms with Gasteiger partial charge in [0.25, 0.3) is 0 Å². The van der Waals surface area contributed by atoms with E-state index in [9.17, 15) is 4.79 Å². The van der Waals surface area contributed by atoms with Gasteiger partial charge in [-0.1, -0.05) is 37.3 Å². The molecule has 1 amide bonds. The lowest BCUT2D eigenvalue weighted by Gasteiger charge is -2.15. The van der Waals surface area contributed by atoms with Gasteiger partial charge in [0.05, 0.1) is 13.2 Å². The normalized spacial score (nSPS) is 11.0. The van der Waals surface area contributed by atoms with Crippen molar-refractivity contribution in [1.82, 2.24) is 10.6 Å². The van der Waals surface area contributed by atoms with E-state index in [0.717, 1.165) is 29.0 Å². The molecule has 3 N–H and O–H groups in total. The molecule has 0 unspecified atom stereocenters. The fraction of sp³-hybridized carbons (Fsp3) is 0.333. The minimum atomic E-state index is -0.133. The van der Waals surface area contributed by atoms with E-state index >= 15 is 0 Å². The maximum Gasteiger partial charge on any atom is 0.243 e. The van der Waals surface area contributed by atoms with Crippen LogP contribution in [0, 0.1) is 6.92 Å². The number of aliphatic imine (C=N–C) groups is 1. The number of ether oxygens (including phenoxy) is 1. The summed E-state index contributed by atoms with van der Waals surface area (Å²) >= 11 is 0. The van der Waals surface area contributed by atoms with E-state index < -0.39 is 0 Å². The first-order valence-corrected chi connectivity index (χ1v) is 9.14. The molecule has 2 aromatic rings. The Morgan fingerprint density at radius 3 is 2.59 bits per heavy atom. The largest absolute Gasteiger partial charge is 0.493 e. The van der Waals surface area contributed by atoms with Gasteiger partial charge in [-0.15, -0.1) is 0 Å². The van der Waals surface area contributed by atoms with Gasteiger partial charge < -0.3 is 20.7 Å². The number of carbonyl (C=O) groups is 1. The van der Waals surface area contributed by atoms with Crippen LogP contribution in [0.3, 0.4) is 0 Å². The molecule has 0 aliphatic carbocycles. The summed E-state index contributed by atoms with van der Waals surface area (Å²) in [6, 6.07) is 15.5. The molecule has 0 aliphatic heterocycles. The van der Waals surface area contributed by atoms with Crippen LogP contribution in [0.2, 0.25) is 0 Å². The topological polar surface area (TPSA) is 74.8 Å². The van der Waals surface area contributed by atoms with E-state index in [4.69, 9.17) is 4.74 Å². The van der Waals surface area contributed by atoms with Gasteiger partial charge in [0.1, 0.15) is 5.75 Å². The Bertz CT molecular complexity index is 760. The molecule has 27 heavy (non-hydrogen) atoms. The third kappa shape index (κ3) is 7.01. The van der Waals surface area contributed by atoms with Gasteiger partial charge in [0, 0.05) is 24.8 Å². The van der Waals surface area contributed by atoms with Crippen LogP contribution in [-0.4, -0.2) is 32.1 Å². The molecule has 0 heterocycles. The van der Waals surface area contributed by atoms with Crippen molar-refractivity contribution in [3.63, 3.8) is 0 Å². The van der Waals surface area contributed by atoms with E-state index in [1.165, 1.54) is 0 Å². The third-order valence-electron chi connectivity index (χ3n) is 3.83. The maximum absolute atomic E-state index is 12.0. The molecule has 6 nitrogen and oxygen atoms in total. The van der Waals surface area contributed by atoms with E-state index in [1.54, 1.807) is 7.05 Å². The van der Waals surface area contributed by atoms with Crippen LogP contribution in [0.15, 0.2) is 53.5 Å². The van der Waals surface area contributed by atoms with Crippen molar-refractivity contribution in [1.29, 1.82) is 0 Å². The van der Waals surface area contributed by atoms with Gasteiger partial charge in [0.15, 0.2) is 5.96 Å². The number of hydrogen-bond acceptors (Lipinski definition) is 3. The van der Waals surface area contributed by atoms with E-state index in [1.807, 2.05) is 49.4 Å². The molecule has 0 saturated heterocycles. The van der Waals surface area contributed by atoms with E-state index in [0.29, 0.717) is 19.1 Å². The zero-order valence-corrected chi connectivity index (χ0v) is 16.2. The van der Waals surface area contributed by atoms with Crippen molar-refractivity contribution in [3.05, 3.63) is 59.7 Å². The Kier molecular flexibility index (Phi) is 8.16. The molecule has 0 bridgehead atoms. The highest BCUT2D eigenvalue weighted by atomic mass is 16.5. The summed E-state index contributed by atoms with van der Waals surface area (Å²) in [5.41, 5.74) is 2.97. The molecule has 0 atom stereocenters. The molecule has 2 aromatic carbocycles. The minimum absolute atomic E-state index is 0.127. The quantitative estimate of drug-likeness (QED) is 0.494. The number of rotatable bonds is 8. The highest BCUT2D eigenvalue weighted by molar-refractivity contribution is 5.94. The van der Waals surface area contributed by atoms with Crippen molar-refractivity contribution in [2.75, 3.05) is 25.5 Å². The van der Waals surface area contributed by atoms with Crippen molar-refractivity contribution in [3.8, 4) is 5.75 Å². The van der Waals surface area contributed by atoms with Crippen LogP contribution in [0.4, 0.5) is 5.69 Å². The fourth-order valence-corrected chi connectivity index (χ4v) is 2.44. The molecule has 0 fully saturated rings. The van der Waals surface area contributed by atoms with Gasteiger partial charge >= 0.3 is 0 Å². The van der Waals surface area contributed by atoms with Crippen molar-refractivity contribution >= 4 is 17.6 Å². The first-order valence-electron chi connectivity index (χ1n) is 9.14. The molecular weight excluding hydrogens is 340 g/mol. The second kappa shape index (κ2) is 10.9. The van der Waals surface area contributed by atoms with Crippen LogP contribution in [0.25, 0.3) is 0 Å². The summed E-state index contributed by atoms with van der Waals surface area (Å²) < 4.78 is 5.83. The summed E-state index contributed by atoms with van der Waals surface area (Å²) in [7, 11) is 1.67. The Morgan fingerprint density at radius 1 is 1.11 bits per heavy atom. The van der Waals surface area contributed by atoms with E-state index in [2.05, 4.69) is 33.9 Å². The molecule has 0 saturated carbocycles. The molecule has 6 heteroatoms. The Balaban J connectivity index is 1.86. The average Bonchev–Trinajstić information content (AvgIpc) is 2.68. The summed E-state index contributed by atoms with van der Waals surface area (Å²) in [6.07, 6.45) is 0.959. The monoisotopic (exact) mass is 368 g/mol. The van der Waals surface area contributed by atoms with Gasteiger partial charge in [-0.2, -0.15) is 0 Å². The molecule has 2 rings (SSSR count). The van der Waals surface area contributed by atoms with Gasteiger partial charge in [0.2, 0.25) is 5.91 Å². The second-order valence-corrected chi connectivity index (χ2v) is 6.15. The van der Waals surface area contributed by atoms with Crippen LogP contribution in [0.5, 0.6) is 5.75 Å². The number of guanidine groups is 1. The van der Waals surface area contributed by atoms with E-state index in [-0.39, 0.29) is 12.5 Å². The lowest BCUT2D eigenvalue weighted by Crippen LogP contribution is -2.41.